The molecule has 0 aromatic carbocycles. The summed E-state index contributed by atoms with van der Waals surface area (Å²) in [4.78, 5) is 11.8. The maximum atomic E-state index is 5.47. The molecule has 6 nitrogen and oxygen atoms in total. The largest absolute Gasteiger partial charge is 0.381 e. The quantitative estimate of drug-likeness (QED) is 0.349. The highest BCUT2D eigenvalue weighted by Crippen LogP contribution is 2.13. The summed E-state index contributed by atoms with van der Waals surface area (Å²) in [6.45, 7) is 15.6. The van der Waals surface area contributed by atoms with Crippen LogP contribution in [0.15, 0.2) is 4.99 Å². The molecule has 2 fully saturated rings. The fraction of sp³-hybridized carbons (Fsp3) is 0.944. The predicted octanol–water partition coefficient (Wildman–Crippen LogP) is 1.42. The fourth-order valence-corrected chi connectivity index (χ4v) is 3.64. The van der Waals surface area contributed by atoms with Crippen molar-refractivity contribution in [3.63, 3.8) is 0 Å². The summed E-state index contributed by atoms with van der Waals surface area (Å²) in [5.41, 5.74) is 0. The van der Waals surface area contributed by atoms with E-state index in [0.29, 0.717) is 11.8 Å². The average Bonchev–Trinajstić information content (AvgIpc) is 3.09. The Hall–Kier alpha value is -0.120. The van der Waals surface area contributed by atoms with Crippen LogP contribution in [0.5, 0.6) is 0 Å². The molecule has 0 spiro atoms. The van der Waals surface area contributed by atoms with Gasteiger partial charge < -0.3 is 24.8 Å². The lowest BCUT2D eigenvalue weighted by molar-refractivity contribution is 0.124. The minimum absolute atomic E-state index is 0. The Balaban J connectivity index is 0.00000312. The number of hydrogen-bond donors (Lipinski definition) is 1. The number of piperazine rings is 1. The van der Waals surface area contributed by atoms with Crippen LogP contribution in [0.1, 0.15) is 20.3 Å². The molecule has 2 rings (SSSR count). The highest BCUT2D eigenvalue weighted by molar-refractivity contribution is 14.0. The second-order valence-corrected chi connectivity index (χ2v) is 7.38. The van der Waals surface area contributed by atoms with Crippen molar-refractivity contribution in [2.45, 2.75) is 20.3 Å². The summed E-state index contributed by atoms with van der Waals surface area (Å²) >= 11 is 0. The molecule has 2 unspecified atom stereocenters. The normalized spacial score (nSPS) is 24.0. The molecule has 2 aliphatic heterocycles. The third-order valence-corrected chi connectivity index (χ3v) is 5.22. The van der Waals surface area contributed by atoms with Crippen LogP contribution in [0.25, 0.3) is 0 Å². The van der Waals surface area contributed by atoms with Gasteiger partial charge in [-0.2, -0.15) is 0 Å². The first-order chi connectivity index (χ1) is 11.6. The molecule has 0 amide bonds. The van der Waals surface area contributed by atoms with Gasteiger partial charge in [-0.3, -0.25) is 4.99 Å². The van der Waals surface area contributed by atoms with Gasteiger partial charge in [-0.15, -0.1) is 24.0 Å². The topological polar surface area (TPSA) is 43.3 Å². The van der Waals surface area contributed by atoms with Crippen LogP contribution in [-0.4, -0.2) is 100 Å². The van der Waals surface area contributed by atoms with Crippen molar-refractivity contribution in [1.29, 1.82) is 0 Å². The van der Waals surface area contributed by atoms with E-state index in [2.05, 4.69) is 45.9 Å². The van der Waals surface area contributed by atoms with Crippen LogP contribution in [0, 0.1) is 11.8 Å². The van der Waals surface area contributed by atoms with Gasteiger partial charge in [0.25, 0.3) is 0 Å². The Bertz CT molecular complexity index is 382. The van der Waals surface area contributed by atoms with E-state index in [9.17, 15) is 0 Å². The molecule has 0 saturated carbocycles. The third kappa shape index (κ3) is 7.97. The van der Waals surface area contributed by atoms with Crippen molar-refractivity contribution in [3.05, 3.63) is 0 Å². The Morgan fingerprint density at radius 2 is 1.96 bits per heavy atom. The molecule has 0 aliphatic carbocycles. The van der Waals surface area contributed by atoms with Crippen molar-refractivity contribution < 1.29 is 4.74 Å². The standard InChI is InChI=1S/C18H37N5O.HI/c1-5-22-7-9-23(10-8-22)13-16(2)12-20-18(19-3)21(4)14-17-6-11-24-15-17;/h16-17H,5-15H2,1-4H3,(H,19,20);1H. The van der Waals surface area contributed by atoms with Gasteiger partial charge in [0.2, 0.25) is 0 Å². The van der Waals surface area contributed by atoms with Crippen LogP contribution < -0.4 is 5.32 Å². The average molecular weight is 467 g/mol. The van der Waals surface area contributed by atoms with Gasteiger partial charge >= 0.3 is 0 Å². The van der Waals surface area contributed by atoms with E-state index >= 15 is 0 Å². The summed E-state index contributed by atoms with van der Waals surface area (Å²) < 4.78 is 5.47. The SMILES string of the molecule is CCN1CCN(CC(C)CNC(=NC)N(C)CC2CCOC2)CC1.I. The second kappa shape index (κ2) is 12.3. The van der Waals surface area contributed by atoms with Crippen LogP contribution in [0.4, 0.5) is 0 Å². The molecule has 7 heteroatoms. The van der Waals surface area contributed by atoms with Gasteiger partial charge in [-0.25, -0.2) is 0 Å². The van der Waals surface area contributed by atoms with Gasteiger partial charge in [0.1, 0.15) is 0 Å². The van der Waals surface area contributed by atoms with E-state index in [0.717, 1.165) is 32.3 Å². The number of halogens is 1. The highest BCUT2D eigenvalue weighted by atomic mass is 127. The van der Waals surface area contributed by atoms with Gasteiger partial charge in [0.05, 0.1) is 6.61 Å². The molecular formula is C18H38IN5O. The van der Waals surface area contributed by atoms with Gasteiger partial charge in [-0.05, 0) is 18.9 Å². The molecule has 148 valence electrons. The number of ether oxygens (including phenoxy) is 1. The minimum atomic E-state index is 0. The number of likely N-dealkylation sites (N-methyl/N-ethyl adjacent to an activating group) is 1. The Kier molecular flexibility index (Phi) is 11.3. The maximum absolute atomic E-state index is 5.47. The molecule has 0 aromatic heterocycles. The monoisotopic (exact) mass is 467 g/mol. The number of nitrogens with one attached hydrogen (secondary N) is 1. The Morgan fingerprint density at radius 1 is 1.28 bits per heavy atom. The van der Waals surface area contributed by atoms with E-state index in [-0.39, 0.29) is 24.0 Å². The van der Waals surface area contributed by atoms with E-state index in [1.54, 1.807) is 0 Å². The molecule has 0 radical (unpaired) electrons. The molecule has 25 heavy (non-hydrogen) atoms. The Labute approximate surface area is 171 Å². The smallest absolute Gasteiger partial charge is 0.193 e. The first-order valence-electron chi connectivity index (χ1n) is 9.56. The van der Waals surface area contributed by atoms with Crippen LogP contribution in [0.2, 0.25) is 0 Å². The zero-order valence-corrected chi connectivity index (χ0v) is 18.9. The van der Waals surface area contributed by atoms with Crippen molar-refractivity contribution >= 4 is 29.9 Å². The number of nitrogens with zero attached hydrogens (tertiary/aromatic N) is 4. The molecule has 0 bridgehead atoms. The van der Waals surface area contributed by atoms with Crippen LogP contribution >= 0.6 is 24.0 Å². The molecule has 2 heterocycles. The van der Waals surface area contributed by atoms with Crippen molar-refractivity contribution in [2.24, 2.45) is 16.8 Å². The molecule has 2 aliphatic rings. The minimum Gasteiger partial charge on any atom is -0.381 e. The number of hydrogen-bond acceptors (Lipinski definition) is 4. The van der Waals surface area contributed by atoms with Crippen LogP contribution in [-0.2, 0) is 4.74 Å². The molecular weight excluding hydrogens is 429 g/mol. The van der Waals surface area contributed by atoms with Gasteiger partial charge in [0, 0.05) is 72.4 Å². The van der Waals surface area contributed by atoms with Crippen molar-refractivity contribution in [3.8, 4) is 0 Å². The van der Waals surface area contributed by atoms with Gasteiger partial charge in [-0.1, -0.05) is 13.8 Å². The molecule has 2 atom stereocenters. The van der Waals surface area contributed by atoms with Crippen molar-refractivity contribution in [2.75, 3.05) is 79.7 Å². The fourth-order valence-electron chi connectivity index (χ4n) is 3.64. The van der Waals surface area contributed by atoms with E-state index in [1.165, 1.54) is 45.7 Å². The Morgan fingerprint density at radius 3 is 2.52 bits per heavy atom. The summed E-state index contributed by atoms with van der Waals surface area (Å²) in [7, 11) is 4.00. The lowest BCUT2D eigenvalue weighted by Crippen LogP contribution is -2.49. The number of aliphatic imine (C=N–C) groups is 1. The van der Waals surface area contributed by atoms with Crippen LogP contribution in [0.3, 0.4) is 0 Å². The first-order valence-corrected chi connectivity index (χ1v) is 9.56. The van der Waals surface area contributed by atoms with E-state index in [4.69, 9.17) is 4.74 Å². The molecule has 2 saturated heterocycles. The predicted molar refractivity (Wildman–Crippen MR) is 116 cm³/mol. The third-order valence-electron chi connectivity index (χ3n) is 5.22. The van der Waals surface area contributed by atoms with E-state index in [1.807, 2.05) is 7.05 Å². The molecule has 1 N–H and O–H groups in total. The zero-order valence-electron chi connectivity index (χ0n) is 16.5. The maximum Gasteiger partial charge on any atom is 0.193 e. The summed E-state index contributed by atoms with van der Waals surface area (Å²) in [6.07, 6.45) is 1.17. The number of rotatable bonds is 7. The second-order valence-electron chi connectivity index (χ2n) is 7.38. The summed E-state index contributed by atoms with van der Waals surface area (Å²) in [5, 5.41) is 3.55. The lowest BCUT2D eigenvalue weighted by atomic mass is 10.1. The highest BCUT2D eigenvalue weighted by Gasteiger charge is 2.20. The summed E-state index contributed by atoms with van der Waals surface area (Å²) in [6, 6.07) is 0. The first kappa shape index (κ1) is 22.9. The van der Waals surface area contributed by atoms with E-state index < -0.39 is 0 Å². The molecule has 0 aromatic rings. The number of guanidine groups is 1. The van der Waals surface area contributed by atoms with Gasteiger partial charge in [0.15, 0.2) is 5.96 Å². The summed E-state index contributed by atoms with van der Waals surface area (Å²) in [5.74, 6) is 2.27. The zero-order chi connectivity index (χ0) is 17.4. The van der Waals surface area contributed by atoms with Crippen molar-refractivity contribution in [1.82, 2.24) is 20.0 Å². The lowest BCUT2D eigenvalue weighted by Gasteiger charge is -2.35.